The van der Waals surface area contributed by atoms with Gasteiger partial charge in [0.25, 0.3) is 0 Å². The minimum atomic E-state index is 0.133. The van der Waals surface area contributed by atoms with Gasteiger partial charge in [-0.25, -0.2) is 0 Å². The number of hydrogen-bond acceptors (Lipinski definition) is 1. The van der Waals surface area contributed by atoms with Crippen LogP contribution < -0.4 is 0 Å². The van der Waals surface area contributed by atoms with E-state index in [9.17, 15) is 5.11 Å². The van der Waals surface area contributed by atoms with Crippen molar-refractivity contribution in [3.05, 3.63) is 24.3 Å². The van der Waals surface area contributed by atoms with Gasteiger partial charge in [0.15, 0.2) is 0 Å². The summed E-state index contributed by atoms with van der Waals surface area (Å²) in [7, 11) is 0. The summed E-state index contributed by atoms with van der Waals surface area (Å²) in [5, 5.41) is 9.99. The van der Waals surface area contributed by atoms with Crippen LogP contribution in [0.3, 0.4) is 0 Å². The molecule has 0 amide bonds. The van der Waals surface area contributed by atoms with Gasteiger partial charge < -0.3 is 5.11 Å². The summed E-state index contributed by atoms with van der Waals surface area (Å²) in [6.45, 7) is 11.6. The van der Waals surface area contributed by atoms with Crippen LogP contribution in [0.1, 0.15) is 65.7 Å². The molecule has 118 valence electrons. The van der Waals surface area contributed by atoms with Gasteiger partial charge >= 0.3 is 0 Å². The zero-order valence-corrected chi connectivity index (χ0v) is 14.1. The van der Waals surface area contributed by atoms with E-state index < -0.39 is 0 Å². The Bertz CT molecular complexity index is 464. The first-order chi connectivity index (χ1) is 9.87. The largest absolute Gasteiger partial charge is 0.396 e. The Morgan fingerprint density at radius 3 is 2.71 bits per heavy atom. The standard InChI is InChI=1S/C20H32O/c1-5-18(2)12-9-16-15(13-18)7-8-17-19(3,14-21)10-6-11-20(16,17)4/h5,7,16-17,21H,1,6,8-14H2,2-4H3/t16-,17+,18-,19-,20-/m1/s1. The van der Waals surface area contributed by atoms with Crippen LogP contribution in [0.5, 0.6) is 0 Å². The van der Waals surface area contributed by atoms with Crippen LogP contribution in [0.2, 0.25) is 0 Å². The molecule has 5 atom stereocenters. The van der Waals surface area contributed by atoms with Crippen molar-refractivity contribution in [3.63, 3.8) is 0 Å². The second-order valence-electron chi connectivity index (χ2n) is 8.87. The quantitative estimate of drug-likeness (QED) is 0.700. The van der Waals surface area contributed by atoms with Gasteiger partial charge in [0.2, 0.25) is 0 Å². The molecule has 1 N–H and O–H groups in total. The first kappa shape index (κ1) is 15.3. The summed E-state index contributed by atoms with van der Waals surface area (Å²) >= 11 is 0. The van der Waals surface area contributed by atoms with Gasteiger partial charge in [-0.3, -0.25) is 0 Å². The minimum Gasteiger partial charge on any atom is -0.396 e. The van der Waals surface area contributed by atoms with Crippen LogP contribution in [0.4, 0.5) is 0 Å². The lowest BCUT2D eigenvalue weighted by Crippen LogP contribution is -2.52. The molecule has 2 saturated carbocycles. The zero-order chi connectivity index (χ0) is 15.3. The number of allylic oxidation sites excluding steroid dienone is 3. The Balaban J connectivity index is 1.94. The average molecular weight is 288 g/mol. The normalized spacial score (nSPS) is 49.8. The lowest BCUT2D eigenvalue weighted by atomic mass is 9.45. The third-order valence-corrected chi connectivity index (χ3v) is 7.43. The molecule has 0 heterocycles. The molecule has 0 unspecified atom stereocenters. The van der Waals surface area contributed by atoms with Gasteiger partial charge in [0, 0.05) is 6.61 Å². The molecule has 0 bridgehead atoms. The molecule has 2 fully saturated rings. The Hall–Kier alpha value is -0.560. The lowest BCUT2D eigenvalue weighted by molar-refractivity contribution is -0.0805. The van der Waals surface area contributed by atoms with Gasteiger partial charge in [-0.15, -0.1) is 6.58 Å². The molecular formula is C20H32O. The highest BCUT2D eigenvalue weighted by Crippen LogP contribution is 2.63. The van der Waals surface area contributed by atoms with Crippen LogP contribution in [0, 0.1) is 28.1 Å². The number of aliphatic hydroxyl groups excluding tert-OH is 1. The number of rotatable bonds is 2. The van der Waals surface area contributed by atoms with Crippen molar-refractivity contribution < 1.29 is 5.11 Å². The summed E-state index contributed by atoms with van der Waals surface area (Å²) in [6.07, 6.45) is 13.5. The molecule has 0 saturated heterocycles. The monoisotopic (exact) mass is 288 g/mol. The fourth-order valence-corrected chi connectivity index (χ4v) is 5.93. The van der Waals surface area contributed by atoms with E-state index in [2.05, 4.69) is 39.5 Å². The topological polar surface area (TPSA) is 20.2 Å². The van der Waals surface area contributed by atoms with Gasteiger partial charge in [-0.05, 0) is 66.6 Å². The maximum Gasteiger partial charge on any atom is 0.0487 e. The number of fused-ring (bicyclic) bond motifs is 3. The summed E-state index contributed by atoms with van der Waals surface area (Å²) in [4.78, 5) is 0. The van der Waals surface area contributed by atoms with E-state index in [-0.39, 0.29) is 5.41 Å². The molecule has 1 nitrogen and oxygen atoms in total. The molecule has 0 aromatic rings. The van der Waals surface area contributed by atoms with Crippen LogP contribution in [0.15, 0.2) is 24.3 Å². The van der Waals surface area contributed by atoms with E-state index in [0.717, 1.165) is 5.92 Å². The SMILES string of the molecule is C=C[C@]1(C)CC[C@@H]2C(=CC[C@H]3[C@@](C)(CO)CCC[C@]23C)C1. The smallest absolute Gasteiger partial charge is 0.0487 e. The molecule has 21 heavy (non-hydrogen) atoms. The molecule has 3 aliphatic carbocycles. The fraction of sp³-hybridized carbons (Fsp3) is 0.800. The third-order valence-electron chi connectivity index (χ3n) is 7.43. The molecule has 0 aromatic heterocycles. The first-order valence-electron chi connectivity index (χ1n) is 8.80. The van der Waals surface area contributed by atoms with E-state index in [1.165, 1.54) is 44.9 Å². The van der Waals surface area contributed by atoms with Crippen molar-refractivity contribution in [1.82, 2.24) is 0 Å². The van der Waals surface area contributed by atoms with Crippen molar-refractivity contribution in [1.29, 1.82) is 0 Å². The van der Waals surface area contributed by atoms with E-state index in [4.69, 9.17) is 0 Å². The number of aliphatic hydroxyl groups is 1. The molecule has 1 heteroatoms. The first-order valence-corrected chi connectivity index (χ1v) is 8.80. The molecule has 0 aliphatic heterocycles. The second kappa shape index (κ2) is 4.98. The molecule has 0 spiro atoms. The summed E-state index contributed by atoms with van der Waals surface area (Å²) in [6, 6.07) is 0. The van der Waals surface area contributed by atoms with Crippen LogP contribution in [0.25, 0.3) is 0 Å². The molecule has 0 radical (unpaired) electrons. The summed E-state index contributed by atoms with van der Waals surface area (Å²) < 4.78 is 0. The maximum atomic E-state index is 9.99. The van der Waals surface area contributed by atoms with Crippen molar-refractivity contribution in [2.75, 3.05) is 6.61 Å². The van der Waals surface area contributed by atoms with Crippen LogP contribution in [-0.4, -0.2) is 11.7 Å². The van der Waals surface area contributed by atoms with Gasteiger partial charge in [-0.1, -0.05) is 44.9 Å². The highest BCUT2D eigenvalue weighted by molar-refractivity contribution is 5.25. The number of hydrogen-bond donors (Lipinski definition) is 1. The van der Waals surface area contributed by atoms with E-state index >= 15 is 0 Å². The van der Waals surface area contributed by atoms with E-state index in [1.54, 1.807) is 5.57 Å². The summed E-state index contributed by atoms with van der Waals surface area (Å²) in [5.41, 5.74) is 2.54. The van der Waals surface area contributed by atoms with Crippen LogP contribution >= 0.6 is 0 Å². The van der Waals surface area contributed by atoms with Crippen molar-refractivity contribution in [2.45, 2.75) is 65.7 Å². The van der Waals surface area contributed by atoms with E-state index in [0.29, 0.717) is 23.4 Å². The maximum absolute atomic E-state index is 9.99. The average Bonchev–Trinajstić information content (AvgIpc) is 2.46. The fourth-order valence-electron chi connectivity index (χ4n) is 5.93. The Morgan fingerprint density at radius 1 is 1.29 bits per heavy atom. The van der Waals surface area contributed by atoms with Crippen molar-refractivity contribution in [2.24, 2.45) is 28.1 Å². The molecule has 3 aliphatic rings. The van der Waals surface area contributed by atoms with Crippen molar-refractivity contribution in [3.8, 4) is 0 Å². The summed E-state index contributed by atoms with van der Waals surface area (Å²) in [5.74, 6) is 1.40. The van der Waals surface area contributed by atoms with E-state index in [1.807, 2.05) is 0 Å². The molecule has 0 aromatic carbocycles. The third kappa shape index (κ3) is 2.23. The molecule has 3 rings (SSSR count). The predicted molar refractivity (Wildman–Crippen MR) is 89.0 cm³/mol. The van der Waals surface area contributed by atoms with Crippen molar-refractivity contribution >= 4 is 0 Å². The van der Waals surface area contributed by atoms with Crippen LogP contribution in [-0.2, 0) is 0 Å². The van der Waals surface area contributed by atoms with Gasteiger partial charge in [0.05, 0.1) is 0 Å². The Labute approximate surface area is 130 Å². The van der Waals surface area contributed by atoms with Gasteiger partial charge in [0.1, 0.15) is 0 Å². The lowest BCUT2D eigenvalue weighted by Gasteiger charge is -2.59. The highest BCUT2D eigenvalue weighted by atomic mass is 16.3. The Kier molecular flexibility index (Phi) is 3.64. The Morgan fingerprint density at radius 2 is 2.05 bits per heavy atom. The molecular weight excluding hydrogens is 256 g/mol. The predicted octanol–water partition coefficient (Wildman–Crippen LogP) is 5.11. The van der Waals surface area contributed by atoms with Gasteiger partial charge in [-0.2, -0.15) is 0 Å². The zero-order valence-electron chi connectivity index (χ0n) is 14.1. The minimum absolute atomic E-state index is 0.133. The second-order valence-corrected chi connectivity index (χ2v) is 8.87. The highest BCUT2D eigenvalue weighted by Gasteiger charge is 2.55.